The van der Waals surface area contributed by atoms with E-state index in [0.29, 0.717) is 6.54 Å². The highest BCUT2D eigenvalue weighted by molar-refractivity contribution is 7.89. The number of benzene rings is 1. The van der Waals surface area contributed by atoms with Gasteiger partial charge in [0.15, 0.2) is 0 Å². The smallest absolute Gasteiger partial charge is 0.243 e. The summed E-state index contributed by atoms with van der Waals surface area (Å²) in [5.41, 5.74) is -0.0357. The van der Waals surface area contributed by atoms with Gasteiger partial charge in [0.2, 0.25) is 10.0 Å². The van der Waals surface area contributed by atoms with Gasteiger partial charge in [0.05, 0.1) is 10.0 Å². The molecular formula is C13H18Cl2N2O2S. The maximum atomic E-state index is 12.4. The van der Waals surface area contributed by atoms with Crippen LogP contribution in [0.1, 0.15) is 19.8 Å². The molecule has 2 N–H and O–H groups in total. The minimum absolute atomic E-state index is 0.0357. The van der Waals surface area contributed by atoms with Crippen LogP contribution in [0.3, 0.4) is 0 Å². The van der Waals surface area contributed by atoms with E-state index in [0.717, 1.165) is 25.9 Å². The highest BCUT2D eigenvalue weighted by Crippen LogP contribution is 2.31. The molecule has 1 aromatic rings. The molecule has 1 heterocycles. The molecule has 0 radical (unpaired) electrons. The summed E-state index contributed by atoms with van der Waals surface area (Å²) in [5.74, 6) is 0. The average Bonchev–Trinajstić information content (AvgIpc) is 2.37. The summed E-state index contributed by atoms with van der Waals surface area (Å²) in [5, 5.41) is 3.55. The standard InChI is InChI=1S/C13H18Cl2N2O2S/c1-13(5-7-16-8-6-13)9-17-20(18,19)12-10(14)3-2-4-11(12)15/h2-4,16-17H,5-9H2,1H3. The average molecular weight is 337 g/mol. The Hall–Kier alpha value is -0.330. The minimum atomic E-state index is -3.69. The lowest BCUT2D eigenvalue weighted by molar-refractivity contribution is 0.232. The normalized spacial score (nSPS) is 18.9. The third-order valence-corrected chi connectivity index (χ3v) is 6.04. The Morgan fingerprint density at radius 3 is 2.35 bits per heavy atom. The minimum Gasteiger partial charge on any atom is -0.317 e. The van der Waals surface area contributed by atoms with Crippen molar-refractivity contribution < 1.29 is 8.42 Å². The highest BCUT2D eigenvalue weighted by Gasteiger charge is 2.30. The zero-order valence-electron chi connectivity index (χ0n) is 11.2. The number of piperidine rings is 1. The molecule has 1 fully saturated rings. The molecule has 7 heteroatoms. The largest absolute Gasteiger partial charge is 0.317 e. The molecule has 1 aromatic carbocycles. The van der Waals surface area contributed by atoms with Gasteiger partial charge >= 0.3 is 0 Å². The number of hydrogen-bond acceptors (Lipinski definition) is 3. The van der Waals surface area contributed by atoms with Gasteiger partial charge in [-0.15, -0.1) is 0 Å². The summed E-state index contributed by atoms with van der Waals surface area (Å²) in [6.45, 7) is 4.29. The molecule has 0 spiro atoms. The van der Waals surface area contributed by atoms with Crippen molar-refractivity contribution in [1.82, 2.24) is 10.0 Å². The van der Waals surface area contributed by atoms with E-state index in [1.165, 1.54) is 12.1 Å². The summed E-state index contributed by atoms with van der Waals surface area (Å²) in [4.78, 5) is -0.0409. The van der Waals surface area contributed by atoms with Gasteiger partial charge in [0.1, 0.15) is 4.90 Å². The number of hydrogen-bond donors (Lipinski definition) is 2. The molecule has 0 atom stereocenters. The van der Waals surface area contributed by atoms with Crippen LogP contribution in [0, 0.1) is 5.41 Å². The van der Waals surface area contributed by atoms with Crippen molar-refractivity contribution >= 4 is 33.2 Å². The second-order valence-electron chi connectivity index (χ2n) is 5.44. The maximum Gasteiger partial charge on any atom is 0.243 e. The zero-order valence-corrected chi connectivity index (χ0v) is 13.6. The van der Waals surface area contributed by atoms with Gasteiger partial charge in [-0.1, -0.05) is 36.2 Å². The Labute approximate surface area is 129 Å². The van der Waals surface area contributed by atoms with E-state index in [4.69, 9.17) is 23.2 Å². The molecule has 0 aromatic heterocycles. The van der Waals surface area contributed by atoms with Gasteiger partial charge in [-0.3, -0.25) is 0 Å². The van der Waals surface area contributed by atoms with E-state index in [1.807, 2.05) is 0 Å². The summed E-state index contributed by atoms with van der Waals surface area (Å²) >= 11 is 11.9. The van der Waals surface area contributed by atoms with Gasteiger partial charge in [-0.05, 0) is 43.5 Å². The summed E-state index contributed by atoms with van der Waals surface area (Å²) in [7, 11) is -3.69. The Bertz CT molecular complexity index is 564. The lowest BCUT2D eigenvalue weighted by Crippen LogP contribution is -2.42. The van der Waals surface area contributed by atoms with Gasteiger partial charge in [0.25, 0.3) is 0 Å². The van der Waals surface area contributed by atoms with Crippen LogP contribution in [0.4, 0.5) is 0 Å². The Morgan fingerprint density at radius 2 is 1.80 bits per heavy atom. The second-order valence-corrected chi connectivity index (χ2v) is 7.95. The van der Waals surface area contributed by atoms with Crippen LogP contribution in [-0.2, 0) is 10.0 Å². The fraction of sp³-hybridized carbons (Fsp3) is 0.538. The van der Waals surface area contributed by atoms with Crippen molar-refractivity contribution in [3.8, 4) is 0 Å². The Morgan fingerprint density at radius 1 is 1.25 bits per heavy atom. The van der Waals surface area contributed by atoms with Crippen molar-refractivity contribution in [2.75, 3.05) is 19.6 Å². The van der Waals surface area contributed by atoms with Crippen LogP contribution < -0.4 is 10.0 Å². The SMILES string of the molecule is CC1(CNS(=O)(=O)c2c(Cl)cccc2Cl)CCNCC1. The number of nitrogens with one attached hydrogen (secondary N) is 2. The lowest BCUT2D eigenvalue weighted by Gasteiger charge is -2.34. The van der Waals surface area contributed by atoms with E-state index < -0.39 is 10.0 Å². The first-order valence-electron chi connectivity index (χ1n) is 6.48. The van der Waals surface area contributed by atoms with Crippen molar-refractivity contribution in [3.05, 3.63) is 28.2 Å². The molecule has 1 aliphatic heterocycles. The molecule has 112 valence electrons. The predicted octanol–water partition coefficient (Wildman–Crippen LogP) is 2.66. The van der Waals surface area contributed by atoms with Crippen LogP contribution in [0.2, 0.25) is 10.0 Å². The third kappa shape index (κ3) is 3.65. The summed E-state index contributed by atoms with van der Waals surface area (Å²) in [6, 6.07) is 4.67. The fourth-order valence-electron chi connectivity index (χ4n) is 2.29. The molecule has 20 heavy (non-hydrogen) atoms. The highest BCUT2D eigenvalue weighted by atomic mass is 35.5. The van der Waals surface area contributed by atoms with Crippen molar-refractivity contribution in [1.29, 1.82) is 0 Å². The summed E-state index contributed by atoms with van der Waals surface area (Å²) in [6.07, 6.45) is 1.87. The van der Waals surface area contributed by atoms with Crippen molar-refractivity contribution in [3.63, 3.8) is 0 Å². The van der Waals surface area contributed by atoms with Gasteiger partial charge in [-0.25, -0.2) is 13.1 Å². The Balaban J connectivity index is 2.15. The number of halogens is 2. The molecular weight excluding hydrogens is 319 g/mol. The van der Waals surface area contributed by atoms with Crippen LogP contribution in [0.25, 0.3) is 0 Å². The topological polar surface area (TPSA) is 58.2 Å². The molecule has 0 unspecified atom stereocenters. The molecule has 0 aliphatic carbocycles. The molecule has 2 rings (SSSR count). The van der Waals surface area contributed by atoms with Crippen LogP contribution in [-0.4, -0.2) is 28.1 Å². The molecule has 0 amide bonds. The van der Waals surface area contributed by atoms with Gasteiger partial charge in [0, 0.05) is 6.54 Å². The monoisotopic (exact) mass is 336 g/mol. The van der Waals surface area contributed by atoms with E-state index in [1.54, 1.807) is 6.07 Å². The van der Waals surface area contributed by atoms with E-state index in [2.05, 4.69) is 17.0 Å². The van der Waals surface area contributed by atoms with Crippen molar-refractivity contribution in [2.24, 2.45) is 5.41 Å². The number of rotatable bonds is 4. The van der Waals surface area contributed by atoms with Gasteiger partial charge in [-0.2, -0.15) is 0 Å². The van der Waals surface area contributed by atoms with Crippen LogP contribution >= 0.6 is 23.2 Å². The third-order valence-electron chi connectivity index (χ3n) is 3.69. The van der Waals surface area contributed by atoms with E-state index in [9.17, 15) is 8.42 Å². The lowest BCUT2D eigenvalue weighted by atomic mass is 9.81. The molecule has 4 nitrogen and oxygen atoms in total. The Kier molecular flexibility index (Phi) is 4.97. The maximum absolute atomic E-state index is 12.4. The molecule has 1 saturated heterocycles. The quantitative estimate of drug-likeness (QED) is 0.888. The fourth-order valence-corrected chi connectivity index (χ4v) is 4.63. The molecule has 0 saturated carbocycles. The van der Waals surface area contributed by atoms with E-state index >= 15 is 0 Å². The van der Waals surface area contributed by atoms with Gasteiger partial charge < -0.3 is 5.32 Å². The molecule has 1 aliphatic rings. The first kappa shape index (κ1) is 16.0. The zero-order chi connectivity index (χ0) is 14.8. The van der Waals surface area contributed by atoms with E-state index in [-0.39, 0.29) is 20.4 Å². The first-order chi connectivity index (χ1) is 9.34. The molecule has 0 bridgehead atoms. The summed E-state index contributed by atoms with van der Waals surface area (Å²) < 4.78 is 27.4. The van der Waals surface area contributed by atoms with Crippen LogP contribution in [0.15, 0.2) is 23.1 Å². The first-order valence-corrected chi connectivity index (χ1v) is 8.72. The van der Waals surface area contributed by atoms with Crippen LogP contribution in [0.5, 0.6) is 0 Å². The second kappa shape index (κ2) is 6.20. The van der Waals surface area contributed by atoms with Crippen molar-refractivity contribution in [2.45, 2.75) is 24.7 Å². The predicted molar refractivity (Wildman–Crippen MR) is 81.9 cm³/mol. The number of sulfonamides is 1.